The van der Waals surface area contributed by atoms with Crippen molar-refractivity contribution in [3.05, 3.63) is 54.1 Å². The molecule has 3 aromatic rings. The number of hydrogen-bond acceptors (Lipinski definition) is 2. The van der Waals surface area contributed by atoms with E-state index in [0.717, 1.165) is 77.7 Å². The quantitative estimate of drug-likeness (QED) is 0.355. The van der Waals surface area contributed by atoms with Crippen molar-refractivity contribution in [3.8, 4) is 11.3 Å². The Morgan fingerprint density at radius 3 is 2.16 bits per heavy atom. The Kier molecular flexibility index (Phi) is 5.63. The normalized spacial score (nSPS) is 28.9. The van der Waals surface area contributed by atoms with Gasteiger partial charge >= 0.3 is 0 Å². The van der Waals surface area contributed by atoms with E-state index in [0.29, 0.717) is 11.6 Å². The van der Waals surface area contributed by atoms with Crippen molar-refractivity contribution in [2.24, 2.45) is 23.2 Å². The Bertz CT molecular complexity index is 1300. The number of carbonyl (C=O) groups excluding carboxylic acids is 2. The Labute approximate surface area is 218 Å². The highest BCUT2D eigenvalue weighted by atomic mass is 16.2. The van der Waals surface area contributed by atoms with Crippen molar-refractivity contribution in [1.29, 1.82) is 0 Å². The van der Waals surface area contributed by atoms with Crippen molar-refractivity contribution in [1.82, 2.24) is 10.3 Å². The van der Waals surface area contributed by atoms with Crippen LogP contribution in [-0.2, 0) is 4.79 Å². The van der Waals surface area contributed by atoms with E-state index in [1.807, 2.05) is 30.3 Å². The van der Waals surface area contributed by atoms with Crippen molar-refractivity contribution in [2.45, 2.75) is 76.7 Å². The fraction of sp³-hybridized carbons (Fsp3) is 0.500. The highest BCUT2D eigenvalue weighted by molar-refractivity contribution is 5.99. The fourth-order valence-electron chi connectivity index (χ4n) is 8.33. The molecule has 8 rings (SSSR count). The van der Waals surface area contributed by atoms with Gasteiger partial charge in [-0.15, -0.1) is 0 Å². The highest BCUT2D eigenvalue weighted by Crippen LogP contribution is 2.60. The molecule has 0 radical (unpaired) electrons. The smallest absolute Gasteiger partial charge is 0.251 e. The van der Waals surface area contributed by atoms with Gasteiger partial charge in [0.15, 0.2) is 0 Å². The SMILES string of the molecule is O=C(NC1CCCCC1)c1ccc2[nH]c(-c3ccc(NC(=O)C45CC6CC(CC(C6)C4)C5)cc3)cc2c1. The summed E-state index contributed by atoms with van der Waals surface area (Å²) in [4.78, 5) is 29.7. The third-order valence-electron chi connectivity index (χ3n) is 9.80. The lowest BCUT2D eigenvalue weighted by molar-refractivity contribution is -0.140. The van der Waals surface area contributed by atoms with Crippen LogP contribution in [-0.4, -0.2) is 22.8 Å². The number of carbonyl (C=O) groups is 2. The van der Waals surface area contributed by atoms with E-state index >= 15 is 0 Å². The minimum Gasteiger partial charge on any atom is -0.355 e. The van der Waals surface area contributed by atoms with Gasteiger partial charge in [0.25, 0.3) is 5.91 Å². The maximum atomic E-state index is 13.4. The fourth-order valence-corrected chi connectivity index (χ4v) is 8.33. The zero-order valence-electron chi connectivity index (χ0n) is 21.5. The van der Waals surface area contributed by atoms with E-state index < -0.39 is 0 Å². The molecule has 0 aliphatic heterocycles. The Morgan fingerprint density at radius 2 is 1.49 bits per heavy atom. The largest absolute Gasteiger partial charge is 0.355 e. The topological polar surface area (TPSA) is 74.0 Å². The third-order valence-corrected chi connectivity index (χ3v) is 9.80. The van der Waals surface area contributed by atoms with Crippen molar-refractivity contribution in [3.63, 3.8) is 0 Å². The molecule has 5 heteroatoms. The van der Waals surface area contributed by atoms with Gasteiger partial charge in [-0.05, 0) is 111 Å². The standard InChI is InChI=1S/C32H37N3O2/c36-30(33-26-4-2-1-3-5-26)24-8-11-28-25(15-24)16-29(35-28)23-6-9-27(10-7-23)34-31(37)32-17-20-12-21(18-32)14-22(13-20)19-32/h6-11,15-16,20-22,26,35H,1-5,12-14,17-19H2,(H,33,36)(H,34,37). The van der Waals surface area contributed by atoms with Gasteiger partial charge in [0, 0.05) is 33.9 Å². The van der Waals surface area contributed by atoms with Crippen LogP contribution in [0.25, 0.3) is 22.2 Å². The number of aromatic nitrogens is 1. The Balaban J connectivity index is 1.04. The summed E-state index contributed by atoms with van der Waals surface area (Å²) in [5.41, 5.74) is 4.55. The molecule has 5 aliphatic rings. The van der Waals surface area contributed by atoms with Gasteiger partial charge in [-0.1, -0.05) is 31.4 Å². The first kappa shape index (κ1) is 23.1. The molecule has 0 saturated heterocycles. The maximum Gasteiger partial charge on any atom is 0.251 e. The average Bonchev–Trinajstić information content (AvgIpc) is 3.32. The predicted octanol–water partition coefficient (Wildman–Crippen LogP) is 7.05. The van der Waals surface area contributed by atoms with Crippen LogP contribution in [0.2, 0.25) is 0 Å². The minimum absolute atomic E-state index is 0.0238. The van der Waals surface area contributed by atoms with Crippen LogP contribution >= 0.6 is 0 Å². The Hall–Kier alpha value is -3.08. The predicted molar refractivity (Wildman–Crippen MR) is 147 cm³/mol. The monoisotopic (exact) mass is 495 g/mol. The molecule has 1 aromatic heterocycles. The van der Waals surface area contributed by atoms with Crippen LogP contribution in [0.4, 0.5) is 5.69 Å². The molecular formula is C32H37N3O2. The third kappa shape index (κ3) is 4.36. The number of hydrogen-bond donors (Lipinski definition) is 3. The lowest BCUT2D eigenvalue weighted by atomic mass is 9.49. The number of amides is 2. The summed E-state index contributed by atoms with van der Waals surface area (Å²) >= 11 is 0. The summed E-state index contributed by atoms with van der Waals surface area (Å²) in [6, 6.07) is 16.5. The van der Waals surface area contributed by atoms with Crippen molar-refractivity contribution >= 4 is 28.4 Å². The summed E-state index contributed by atoms with van der Waals surface area (Å²) in [6.07, 6.45) is 13.1. The molecule has 0 unspecified atom stereocenters. The molecule has 3 N–H and O–H groups in total. The van der Waals surface area contributed by atoms with Gasteiger partial charge in [0.1, 0.15) is 0 Å². The van der Waals surface area contributed by atoms with Crippen LogP contribution < -0.4 is 10.6 Å². The van der Waals surface area contributed by atoms with Gasteiger partial charge in [0.2, 0.25) is 5.91 Å². The van der Waals surface area contributed by atoms with E-state index in [9.17, 15) is 9.59 Å². The molecule has 2 aromatic carbocycles. The molecule has 5 aliphatic carbocycles. The van der Waals surface area contributed by atoms with E-state index in [1.54, 1.807) is 0 Å². The van der Waals surface area contributed by atoms with E-state index in [1.165, 1.54) is 38.5 Å². The molecule has 1 heterocycles. The first-order valence-electron chi connectivity index (χ1n) is 14.4. The molecule has 192 valence electrons. The first-order chi connectivity index (χ1) is 18.0. The second-order valence-corrected chi connectivity index (χ2v) is 12.5. The molecular weight excluding hydrogens is 458 g/mol. The number of fused-ring (bicyclic) bond motifs is 1. The van der Waals surface area contributed by atoms with E-state index in [-0.39, 0.29) is 17.2 Å². The summed E-state index contributed by atoms with van der Waals surface area (Å²) in [7, 11) is 0. The minimum atomic E-state index is -0.133. The molecule has 0 spiro atoms. The number of H-pyrrole nitrogens is 1. The maximum absolute atomic E-state index is 13.4. The van der Waals surface area contributed by atoms with Crippen LogP contribution in [0.1, 0.15) is 81.0 Å². The molecule has 5 fully saturated rings. The van der Waals surface area contributed by atoms with E-state index in [4.69, 9.17) is 0 Å². The van der Waals surface area contributed by atoms with Crippen molar-refractivity contribution in [2.75, 3.05) is 5.32 Å². The average molecular weight is 496 g/mol. The molecule has 37 heavy (non-hydrogen) atoms. The molecule has 5 saturated carbocycles. The molecule has 5 nitrogen and oxygen atoms in total. The van der Waals surface area contributed by atoms with Crippen LogP contribution in [0.5, 0.6) is 0 Å². The lowest BCUT2D eigenvalue weighted by Gasteiger charge is -2.55. The summed E-state index contributed by atoms with van der Waals surface area (Å²) in [5, 5.41) is 7.51. The molecule has 2 amide bonds. The summed E-state index contributed by atoms with van der Waals surface area (Å²) < 4.78 is 0. The van der Waals surface area contributed by atoms with E-state index in [2.05, 4.69) is 33.8 Å². The second-order valence-electron chi connectivity index (χ2n) is 12.5. The van der Waals surface area contributed by atoms with Crippen molar-refractivity contribution < 1.29 is 9.59 Å². The molecule has 0 atom stereocenters. The van der Waals surface area contributed by atoms with Crippen LogP contribution in [0, 0.1) is 23.2 Å². The molecule has 4 bridgehead atoms. The number of aromatic amines is 1. The lowest BCUT2D eigenvalue weighted by Crippen LogP contribution is -2.51. The van der Waals surface area contributed by atoms with Gasteiger partial charge in [-0.3, -0.25) is 9.59 Å². The van der Waals surface area contributed by atoms with Gasteiger partial charge in [-0.25, -0.2) is 0 Å². The zero-order valence-corrected chi connectivity index (χ0v) is 21.5. The van der Waals surface area contributed by atoms with Gasteiger partial charge in [0.05, 0.1) is 5.41 Å². The summed E-state index contributed by atoms with van der Waals surface area (Å²) in [5.74, 6) is 2.56. The number of rotatable bonds is 5. The Morgan fingerprint density at radius 1 is 0.811 bits per heavy atom. The number of nitrogens with one attached hydrogen (secondary N) is 3. The van der Waals surface area contributed by atoms with Crippen LogP contribution in [0.15, 0.2) is 48.5 Å². The van der Waals surface area contributed by atoms with Gasteiger partial charge < -0.3 is 15.6 Å². The summed E-state index contributed by atoms with van der Waals surface area (Å²) in [6.45, 7) is 0. The van der Waals surface area contributed by atoms with Gasteiger partial charge in [-0.2, -0.15) is 0 Å². The van der Waals surface area contributed by atoms with Crippen LogP contribution in [0.3, 0.4) is 0 Å². The number of benzene rings is 2. The second kappa shape index (κ2) is 9.04. The zero-order chi connectivity index (χ0) is 25.0. The first-order valence-corrected chi connectivity index (χ1v) is 14.4. The number of anilines is 1. The highest BCUT2D eigenvalue weighted by Gasteiger charge is 2.54.